The number of nitrogens with one attached hydrogen (secondary N) is 1. The molecule has 0 amide bonds. The lowest BCUT2D eigenvalue weighted by Crippen LogP contribution is -2.12. The van der Waals surface area contributed by atoms with E-state index in [4.69, 9.17) is 5.26 Å². The first kappa shape index (κ1) is 18.3. The topological polar surface area (TPSA) is 97.2 Å². The summed E-state index contributed by atoms with van der Waals surface area (Å²) in [4.78, 5) is 13.7. The van der Waals surface area contributed by atoms with E-state index in [1.807, 2.05) is 18.6 Å². The quantitative estimate of drug-likeness (QED) is 0.531. The molecule has 8 nitrogen and oxygen atoms in total. The molecule has 1 aliphatic rings. The van der Waals surface area contributed by atoms with Crippen molar-refractivity contribution in [3.05, 3.63) is 48.8 Å². The Hall–Kier alpha value is -3.73. The molecule has 0 unspecified atom stereocenters. The minimum Gasteiger partial charge on any atom is -0.382 e. The van der Waals surface area contributed by atoms with Crippen LogP contribution in [0.15, 0.2) is 43.2 Å². The van der Waals surface area contributed by atoms with Gasteiger partial charge in [-0.3, -0.25) is 0 Å². The summed E-state index contributed by atoms with van der Waals surface area (Å²) < 4.78 is 3.86. The van der Waals surface area contributed by atoms with Gasteiger partial charge in [-0.1, -0.05) is 0 Å². The normalized spacial score (nSPS) is 13.7. The van der Waals surface area contributed by atoms with Gasteiger partial charge >= 0.3 is 0 Å². The van der Waals surface area contributed by atoms with Gasteiger partial charge < -0.3 is 9.88 Å². The zero-order chi connectivity index (χ0) is 20.7. The van der Waals surface area contributed by atoms with Gasteiger partial charge in [-0.2, -0.15) is 15.0 Å². The van der Waals surface area contributed by atoms with E-state index in [1.54, 1.807) is 23.1 Å². The zero-order valence-electron chi connectivity index (χ0n) is 16.9. The SMILES string of the molecule is CC(C)Nc1cc(-n2ncc3cc(C#N)cnc32)ncc1-c1cn(CC2CC2)cn1. The van der Waals surface area contributed by atoms with Crippen molar-refractivity contribution in [1.82, 2.24) is 29.3 Å². The number of rotatable bonds is 6. The number of pyridine rings is 2. The van der Waals surface area contributed by atoms with E-state index in [2.05, 4.69) is 56.0 Å². The molecule has 0 bridgehead atoms. The molecule has 0 spiro atoms. The number of hydrogen-bond donors (Lipinski definition) is 1. The maximum Gasteiger partial charge on any atom is 0.164 e. The molecule has 150 valence electrons. The Morgan fingerprint density at radius 1 is 1.17 bits per heavy atom. The average molecular weight is 398 g/mol. The molecule has 30 heavy (non-hydrogen) atoms. The van der Waals surface area contributed by atoms with Crippen LogP contribution < -0.4 is 5.32 Å². The van der Waals surface area contributed by atoms with E-state index in [1.165, 1.54) is 12.8 Å². The first-order chi connectivity index (χ1) is 14.6. The van der Waals surface area contributed by atoms with Gasteiger partial charge in [0.1, 0.15) is 6.07 Å². The van der Waals surface area contributed by atoms with E-state index in [0.717, 1.165) is 34.8 Å². The van der Waals surface area contributed by atoms with Crippen molar-refractivity contribution in [1.29, 1.82) is 5.26 Å². The average Bonchev–Trinajstić information content (AvgIpc) is 3.26. The van der Waals surface area contributed by atoms with Crippen molar-refractivity contribution in [2.75, 3.05) is 5.32 Å². The highest BCUT2D eigenvalue weighted by molar-refractivity contribution is 5.79. The predicted molar refractivity (Wildman–Crippen MR) is 114 cm³/mol. The van der Waals surface area contributed by atoms with E-state index in [0.29, 0.717) is 17.0 Å². The summed E-state index contributed by atoms with van der Waals surface area (Å²) in [5, 5.41) is 17.8. The summed E-state index contributed by atoms with van der Waals surface area (Å²) in [5.41, 5.74) is 3.98. The molecule has 1 aliphatic carbocycles. The lowest BCUT2D eigenvalue weighted by atomic mass is 10.1. The molecule has 4 aromatic rings. The van der Waals surface area contributed by atoms with Gasteiger partial charge in [-0.15, -0.1) is 0 Å². The van der Waals surface area contributed by atoms with Gasteiger partial charge in [-0.25, -0.2) is 15.0 Å². The minimum absolute atomic E-state index is 0.248. The first-order valence-electron chi connectivity index (χ1n) is 10.1. The molecule has 1 fully saturated rings. The van der Waals surface area contributed by atoms with E-state index in [-0.39, 0.29) is 6.04 Å². The van der Waals surface area contributed by atoms with Crippen LogP contribution in [-0.2, 0) is 6.54 Å². The fourth-order valence-corrected chi connectivity index (χ4v) is 3.54. The van der Waals surface area contributed by atoms with Crippen LogP contribution in [0.3, 0.4) is 0 Å². The van der Waals surface area contributed by atoms with Crippen LogP contribution in [0.5, 0.6) is 0 Å². The minimum atomic E-state index is 0.248. The van der Waals surface area contributed by atoms with Crippen LogP contribution >= 0.6 is 0 Å². The van der Waals surface area contributed by atoms with E-state index in [9.17, 15) is 0 Å². The van der Waals surface area contributed by atoms with Gasteiger partial charge in [0.15, 0.2) is 11.5 Å². The monoisotopic (exact) mass is 398 g/mol. The van der Waals surface area contributed by atoms with Crippen LogP contribution in [0.1, 0.15) is 32.3 Å². The Morgan fingerprint density at radius 2 is 2.03 bits per heavy atom. The molecular formula is C22H22N8. The molecule has 4 heterocycles. The Kier molecular flexibility index (Phi) is 4.43. The molecule has 0 atom stereocenters. The van der Waals surface area contributed by atoms with Gasteiger partial charge in [0.05, 0.1) is 23.8 Å². The highest BCUT2D eigenvalue weighted by Crippen LogP contribution is 2.32. The number of imidazole rings is 1. The standard InChI is InChI=1S/C22H22N8/c1-14(2)28-19-6-21(30-22-17(9-27-30)5-16(7-23)8-25-22)24-10-18(19)20-12-29(13-26-20)11-15-3-4-15/h5-6,8-10,12-15H,3-4,11H2,1-2H3,(H,24,28). The molecule has 0 saturated heterocycles. The maximum absolute atomic E-state index is 9.09. The molecule has 0 aliphatic heterocycles. The van der Waals surface area contributed by atoms with Crippen LogP contribution in [0.4, 0.5) is 5.69 Å². The Morgan fingerprint density at radius 3 is 2.80 bits per heavy atom. The van der Waals surface area contributed by atoms with Crippen LogP contribution in [0.2, 0.25) is 0 Å². The van der Waals surface area contributed by atoms with Gasteiger partial charge in [0.2, 0.25) is 0 Å². The third-order valence-corrected chi connectivity index (χ3v) is 5.16. The molecule has 4 aromatic heterocycles. The number of nitriles is 1. The van der Waals surface area contributed by atoms with E-state index >= 15 is 0 Å². The van der Waals surface area contributed by atoms with Crippen LogP contribution in [0, 0.1) is 17.2 Å². The van der Waals surface area contributed by atoms with Crippen molar-refractivity contribution in [2.45, 2.75) is 39.3 Å². The van der Waals surface area contributed by atoms with Crippen molar-refractivity contribution in [3.63, 3.8) is 0 Å². The number of anilines is 1. The fraction of sp³-hybridized carbons (Fsp3) is 0.318. The molecule has 5 rings (SSSR count). The molecule has 0 aromatic carbocycles. The Labute approximate surface area is 174 Å². The highest BCUT2D eigenvalue weighted by Gasteiger charge is 2.22. The molecule has 1 N–H and O–H groups in total. The fourth-order valence-electron chi connectivity index (χ4n) is 3.54. The third kappa shape index (κ3) is 3.50. The second-order valence-electron chi connectivity index (χ2n) is 8.09. The lowest BCUT2D eigenvalue weighted by Gasteiger charge is -2.15. The largest absolute Gasteiger partial charge is 0.382 e. The zero-order valence-corrected chi connectivity index (χ0v) is 16.9. The summed E-state index contributed by atoms with van der Waals surface area (Å²) >= 11 is 0. The summed E-state index contributed by atoms with van der Waals surface area (Å²) in [6.07, 6.45) is 11.7. The summed E-state index contributed by atoms with van der Waals surface area (Å²) in [7, 11) is 0. The summed E-state index contributed by atoms with van der Waals surface area (Å²) in [6, 6.07) is 6.11. The lowest BCUT2D eigenvalue weighted by molar-refractivity contribution is 0.626. The third-order valence-electron chi connectivity index (χ3n) is 5.16. The van der Waals surface area contributed by atoms with Crippen LogP contribution in [-0.4, -0.2) is 35.3 Å². The number of fused-ring (bicyclic) bond motifs is 1. The van der Waals surface area contributed by atoms with Crippen molar-refractivity contribution >= 4 is 16.7 Å². The number of nitrogens with zero attached hydrogens (tertiary/aromatic N) is 7. The van der Waals surface area contributed by atoms with Crippen molar-refractivity contribution in [2.24, 2.45) is 5.92 Å². The van der Waals surface area contributed by atoms with Gasteiger partial charge in [0.25, 0.3) is 0 Å². The maximum atomic E-state index is 9.09. The molecule has 0 radical (unpaired) electrons. The van der Waals surface area contributed by atoms with Crippen molar-refractivity contribution in [3.8, 4) is 23.1 Å². The predicted octanol–water partition coefficient (Wildman–Crippen LogP) is 3.78. The Balaban J connectivity index is 1.54. The summed E-state index contributed by atoms with van der Waals surface area (Å²) in [6.45, 7) is 5.23. The molecular weight excluding hydrogens is 376 g/mol. The van der Waals surface area contributed by atoms with Crippen molar-refractivity contribution < 1.29 is 0 Å². The van der Waals surface area contributed by atoms with E-state index < -0.39 is 0 Å². The number of aromatic nitrogens is 6. The number of hydrogen-bond acceptors (Lipinski definition) is 6. The van der Waals surface area contributed by atoms with Crippen LogP contribution in [0.25, 0.3) is 28.1 Å². The van der Waals surface area contributed by atoms with Gasteiger partial charge in [0, 0.05) is 53.9 Å². The summed E-state index contributed by atoms with van der Waals surface area (Å²) in [5.74, 6) is 1.45. The van der Waals surface area contributed by atoms with Gasteiger partial charge in [-0.05, 0) is 38.7 Å². The second-order valence-corrected chi connectivity index (χ2v) is 8.09. The first-order valence-corrected chi connectivity index (χ1v) is 10.1. The smallest absolute Gasteiger partial charge is 0.164 e. The Bertz CT molecular complexity index is 1260. The molecule has 1 saturated carbocycles. The second kappa shape index (κ2) is 7.26. The molecule has 8 heteroatoms. The highest BCUT2D eigenvalue weighted by atomic mass is 15.3.